The zero-order valence-corrected chi connectivity index (χ0v) is 15.8. The minimum Gasteiger partial charge on any atom is -0.341 e. The standard InChI is InChI=1S/C20H24N6O2/c1-14(19-23-18(28-25-19)12-15-6-3-2-4-7-15)22-20(27)17-9-11-26(24-17)16-8-5-10-21-13-16/h2-4,6-7,9,11,14,16,21H,5,8,10,12-13H2,1H3,(H,22,27). The third-order valence-electron chi connectivity index (χ3n) is 4.90. The average molecular weight is 380 g/mol. The predicted molar refractivity (Wildman–Crippen MR) is 103 cm³/mol. The molecule has 0 saturated carbocycles. The summed E-state index contributed by atoms with van der Waals surface area (Å²) >= 11 is 0. The lowest BCUT2D eigenvalue weighted by molar-refractivity contribution is 0.0931. The molecule has 1 fully saturated rings. The first-order valence-corrected chi connectivity index (χ1v) is 9.62. The molecule has 2 aromatic heterocycles. The van der Waals surface area contributed by atoms with Crippen LogP contribution in [-0.2, 0) is 6.42 Å². The van der Waals surface area contributed by atoms with Gasteiger partial charge in [-0.25, -0.2) is 0 Å². The number of carbonyl (C=O) groups is 1. The molecule has 3 aromatic rings. The Balaban J connectivity index is 1.36. The maximum Gasteiger partial charge on any atom is 0.272 e. The molecule has 1 amide bonds. The van der Waals surface area contributed by atoms with Crippen molar-refractivity contribution in [1.29, 1.82) is 0 Å². The highest BCUT2D eigenvalue weighted by molar-refractivity contribution is 5.92. The molecule has 2 unspecified atom stereocenters. The normalized spacial score (nSPS) is 18.0. The first kappa shape index (κ1) is 18.4. The van der Waals surface area contributed by atoms with E-state index in [0.717, 1.165) is 31.5 Å². The number of hydrogen-bond acceptors (Lipinski definition) is 6. The van der Waals surface area contributed by atoms with E-state index in [0.29, 0.717) is 29.9 Å². The highest BCUT2D eigenvalue weighted by atomic mass is 16.5. The van der Waals surface area contributed by atoms with Crippen LogP contribution in [0.4, 0.5) is 0 Å². The van der Waals surface area contributed by atoms with Gasteiger partial charge in [0, 0.05) is 12.7 Å². The molecular formula is C20H24N6O2. The average Bonchev–Trinajstić information content (AvgIpc) is 3.39. The van der Waals surface area contributed by atoms with Crippen LogP contribution >= 0.6 is 0 Å². The SMILES string of the molecule is CC(NC(=O)c1ccn(C2CCCNC2)n1)c1noc(Cc2ccccc2)n1. The van der Waals surface area contributed by atoms with E-state index < -0.39 is 0 Å². The molecule has 3 heterocycles. The van der Waals surface area contributed by atoms with Crippen molar-refractivity contribution in [3.8, 4) is 0 Å². The summed E-state index contributed by atoms with van der Waals surface area (Å²) in [6.07, 6.45) is 4.61. The van der Waals surface area contributed by atoms with Gasteiger partial charge in [0.25, 0.3) is 5.91 Å². The second kappa shape index (κ2) is 8.35. The van der Waals surface area contributed by atoms with Gasteiger partial charge in [0.15, 0.2) is 5.82 Å². The van der Waals surface area contributed by atoms with Crippen LogP contribution in [0.3, 0.4) is 0 Å². The van der Waals surface area contributed by atoms with Crippen LogP contribution in [0.25, 0.3) is 0 Å². The van der Waals surface area contributed by atoms with E-state index >= 15 is 0 Å². The van der Waals surface area contributed by atoms with Gasteiger partial charge in [0.1, 0.15) is 5.69 Å². The van der Waals surface area contributed by atoms with E-state index in [-0.39, 0.29) is 11.9 Å². The van der Waals surface area contributed by atoms with Crippen molar-refractivity contribution >= 4 is 5.91 Å². The van der Waals surface area contributed by atoms with Crippen LogP contribution in [0, 0.1) is 0 Å². The molecule has 1 aromatic carbocycles. The van der Waals surface area contributed by atoms with E-state index in [2.05, 4.69) is 25.9 Å². The van der Waals surface area contributed by atoms with Crippen LogP contribution in [0.2, 0.25) is 0 Å². The van der Waals surface area contributed by atoms with Gasteiger partial charge < -0.3 is 15.2 Å². The van der Waals surface area contributed by atoms with Gasteiger partial charge in [0.2, 0.25) is 5.89 Å². The second-order valence-corrected chi connectivity index (χ2v) is 7.09. The van der Waals surface area contributed by atoms with Crippen LogP contribution in [-0.4, -0.2) is 38.9 Å². The third kappa shape index (κ3) is 4.28. The van der Waals surface area contributed by atoms with Gasteiger partial charge in [-0.05, 0) is 37.9 Å². The molecule has 4 rings (SSSR count). The topological polar surface area (TPSA) is 97.9 Å². The van der Waals surface area contributed by atoms with Gasteiger partial charge in [-0.3, -0.25) is 9.48 Å². The second-order valence-electron chi connectivity index (χ2n) is 7.09. The molecule has 8 nitrogen and oxygen atoms in total. The summed E-state index contributed by atoms with van der Waals surface area (Å²) in [5, 5.41) is 14.7. The van der Waals surface area contributed by atoms with Crippen LogP contribution in [0.15, 0.2) is 47.1 Å². The summed E-state index contributed by atoms with van der Waals surface area (Å²) in [6.45, 7) is 3.75. The smallest absolute Gasteiger partial charge is 0.272 e. The van der Waals surface area contributed by atoms with Gasteiger partial charge in [-0.2, -0.15) is 10.1 Å². The number of nitrogens with zero attached hydrogens (tertiary/aromatic N) is 4. The number of piperidine rings is 1. The molecule has 146 valence electrons. The fourth-order valence-corrected chi connectivity index (χ4v) is 3.34. The summed E-state index contributed by atoms with van der Waals surface area (Å²) in [4.78, 5) is 16.9. The van der Waals surface area contributed by atoms with Crippen molar-refractivity contribution in [1.82, 2.24) is 30.6 Å². The number of carbonyl (C=O) groups excluding carboxylic acids is 1. The third-order valence-corrected chi connectivity index (χ3v) is 4.90. The van der Waals surface area contributed by atoms with E-state index in [4.69, 9.17) is 4.52 Å². The van der Waals surface area contributed by atoms with Crippen molar-refractivity contribution in [2.45, 2.75) is 38.3 Å². The number of rotatable bonds is 6. The molecule has 0 aliphatic carbocycles. The molecular weight excluding hydrogens is 356 g/mol. The Labute approximate surface area is 163 Å². The monoisotopic (exact) mass is 380 g/mol. The van der Waals surface area contributed by atoms with Gasteiger partial charge in [0.05, 0.1) is 18.5 Å². The van der Waals surface area contributed by atoms with Crippen molar-refractivity contribution in [2.24, 2.45) is 0 Å². The summed E-state index contributed by atoms with van der Waals surface area (Å²) in [5.74, 6) is 0.732. The van der Waals surface area contributed by atoms with Crippen molar-refractivity contribution in [3.05, 3.63) is 65.6 Å². The Morgan fingerprint density at radius 3 is 3.00 bits per heavy atom. The van der Waals surface area contributed by atoms with Gasteiger partial charge in [-0.1, -0.05) is 35.5 Å². The Morgan fingerprint density at radius 1 is 1.36 bits per heavy atom. The molecule has 0 radical (unpaired) electrons. The van der Waals surface area contributed by atoms with Crippen LogP contribution in [0.5, 0.6) is 0 Å². The van der Waals surface area contributed by atoms with Gasteiger partial charge >= 0.3 is 0 Å². The number of nitrogens with one attached hydrogen (secondary N) is 2. The molecule has 1 aliphatic rings. The lowest BCUT2D eigenvalue weighted by atomic mass is 10.1. The Bertz CT molecular complexity index is 914. The Morgan fingerprint density at radius 2 is 2.21 bits per heavy atom. The molecule has 1 aliphatic heterocycles. The van der Waals surface area contributed by atoms with Crippen molar-refractivity contribution < 1.29 is 9.32 Å². The van der Waals surface area contributed by atoms with Crippen LogP contribution in [0.1, 0.15) is 59.6 Å². The maximum atomic E-state index is 12.5. The quantitative estimate of drug-likeness (QED) is 0.681. The van der Waals surface area contributed by atoms with Crippen molar-refractivity contribution in [3.63, 3.8) is 0 Å². The fourth-order valence-electron chi connectivity index (χ4n) is 3.34. The first-order valence-electron chi connectivity index (χ1n) is 9.62. The summed E-state index contributed by atoms with van der Waals surface area (Å²) in [7, 11) is 0. The summed E-state index contributed by atoms with van der Waals surface area (Å²) in [5.41, 5.74) is 1.49. The van der Waals surface area contributed by atoms with Crippen LogP contribution < -0.4 is 10.6 Å². The van der Waals surface area contributed by atoms with E-state index in [1.807, 2.05) is 48.1 Å². The van der Waals surface area contributed by atoms with Crippen molar-refractivity contribution in [2.75, 3.05) is 13.1 Å². The van der Waals surface area contributed by atoms with E-state index in [9.17, 15) is 4.79 Å². The highest BCUT2D eigenvalue weighted by Crippen LogP contribution is 2.16. The van der Waals surface area contributed by atoms with Gasteiger partial charge in [-0.15, -0.1) is 0 Å². The van der Waals surface area contributed by atoms with E-state index in [1.165, 1.54) is 0 Å². The summed E-state index contributed by atoms with van der Waals surface area (Å²) in [6, 6.07) is 11.6. The zero-order valence-electron chi connectivity index (χ0n) is 15.8. The number of amides is 1. The molecule has 8 heteroatoms. The highest BCUT2D eigenvalue weighted by Gasteiger charge is 2.21. The zero-order chi connectivity index (χ0) is 19.3. The molecule has 2 N–H and O–H groups in total. The lowest BCUT2D eigenvalue weighted by Crippen LogP contribution is -2.32. The molecule has 1 saturated heterocycles. The lowest BCUT2D eigenvalue weighted by Gasteiger charge is -2.22. The fraction of sp³-hybridized carbons (Fsp3) is 0.400. The minimum atomic E-state index is -0.373. The maximum absolute atomic E-state index is 12.5. The summed E-state index contributed by atoms with van der Waals surface area (Å²) < 4.78 is 7.19. The first-order chi connectivity index (χ1) is 13.7. The number of aromatic nitrogens is 4. The molecule has 2 atom stereocenters. The Kier molecular flexibility index (Phi) is 5.48. The number of benzene rings is 1. The molecule has 0 bridgehead atoms. The minimum absolute atomic E-state index is 0.246. The molecule has 28 heavy (non-hydrogen) atoms. The predicted octanol–water partition coefficient (Wildman–Crippen LogP) is 2.27. The van der Waals surface area contributed by atoms with E-state index in [1.54, 1.807) is 6.07 Å². The number of hydrogen-bond donors (Lipinski definition) is 2. The molecule has 0 spiro atoms. The Hall–Kier alpha value is -3.00. The largest absolute Gasteiger partial charge is 0.341 e.